The molecule has 0 aromatic carbocycles. The second-order valence-corrected chi connectivity index (χ2v) is 3.34. The summed E-state index contributed by atoms with van der Waals surface area (Å²) in [5, 5.41) is 0. The van der Waals surface area contributed by atoms with Crippen LogP contribution < -0.4 is 0 Å². The maximum Gasteiger partial charge on any atom is -0.0264 e. The zero-order valence-corrected chi connectivity index (χ0v) is 9.84. The van der Waals surface area contributed by atoms with Crippen LogP contribution in [0.5, 0.6) is 0 Å². The van der Waals surface area contributed by atoms with Crippen LogP contribution in [-0.4, -0.2) is 5.66 Å². The standard InChI is InChI=1S/C6H13P.2C2H6/c7-6-4-2-1-3-5-6;2*1-2/h6H,1-5,7H2;2*1-2H3. The van der Waals surface area contributed by atoms with E-state index in [1.165, 1.54) is 32.1 Å². The van der Waals surface area contributed by atoms with Crippen molar-refractivity contribution in [2.45, 2.75) is 65.5 Å². The summed E-state index contributed by atoms with van der Waals surface area (Å²) in [7, 11) is 2.91. The van der Waals surface area contributed by atoms with Crippen molar-refractivity contribution in [2.24, 2.45) is 0 Å². The Morgan fingerprint density at radius 1 is 0.818 bits per heavy atom. The highest BCUT2D eigenvalue weighted by atomic mass is 31.0. The molecule has 1 saturated carbocycles. The third kappa shape index (κ3) is 10.4. The zero-order valence-electron chi connectivity index (χ0n) is 8.69. The largest absolute Gasteiger partial charge is 0.134 e. The molecule has 0 nitrogen and oxygen atoms in total. The quantitative estimate of drug-likeness (QED) is 0.484. The third-order valence-corrected chi connectivity index (χ3v) is 2.32. The molecule has 0 saturated heterocycles. The molecular weight excluding hydrogens is 151 g/mol. The molecule has 0 bridgehead atoms. The van der Waals surface area contributed by atoms with Gasteiger partial charge in [-0.15, -0.1) is 9.24 Å². The minimum absolute atomic E-state index is 0.953. The van der Waals surface area contributed by atoms with Crippen molar-refractivity contribution in [1.82, 2.24) is 0 Å². The van der Waals surface area contributed by atoms with E-state index in [1.807, 2.05) is 27.7 Å². The molecule has 1 rings (SSSR count). The molecular formula is C10H25P. The molecule has 1 fully saturated rings. The molecule has 0 spiro atoms. The third-order valence-electron chi connectivity index (χ3n) is 1.65. The van der Waals surface area contributed by atoms with E-state index in [0.29, 0.717) is 0 Å². The minimum atomic E-state index is 0.953. The Bertz CT molecular complexity index is 46.8. The first-order valence-corrected chi connectivity index (χ1v) is 5.82. The van der Waals surface area contributed by atoms with E-state index in [9.17, 15) is 0 Å². The second-order valence-electron chi connectivity index (χ2n) is 2.40. The van der Waals surface area contributed by atoms with Crippen LogP contribution in [0.4, 0.5) is 0 Å². The lowest BCUT2D eigenvalue weighted by atomic mass is 10.0. The van der Waals surface area contributed by atoms with E-state index in [2.05, 4.69) is 9.24 Å². The van der Waals surface area contributed by atoms with Gasteiger partial charge in [0.05, 0.1) is 0 Å². The summed E-state index contributed by atoms with van der Waals surface area (Å²) in [6, 6.07) is 0. The van der Waals surface area contributed by atoms with Crippen molar-refractivity contribution < 1.29 is 0 Å². The van der Waals surface area contributed by atoms with Crippen molar-refractivity contribution in [3.8, 4) is 0 Å². The highest BCUT2D eigenvalue weighted by molar-refractivity contribution is 7.17. The second kappa shape index (κ2) is 13.1. The predicted molar refractivity (Wildman–Crippen MR) is 59.3 cm³/mol. The van der Waals surface area contributed by atoms with Crippen LogP contribution >= 0.6 is 9.24 Å². The Hall–Kier alpha value is 0.430. The summed E-state index contributed by atoms with van der Waals surface area (Å²) in [5.74, 6) is 0. The van der Waals surface area contributed by atoms with Crippen molar-refractivity contribution in [1.29, 1.82) is 0 Å². The Balaban J connectivity index is 0. The maximum atomic E-state index is 2.91. The molecule has 0 N–H and O–H groups in total. The zero-order chi connectivity index (χ0) is 9.11. The summed E-state index contributed by atoms with van der Waals surface area (Å²) in [6.07, 6.45) is 7.31. The molecule has 0 heterocycles. The van der Waals surface area contributed by atoms with E-state index in [-0.39, 0.29) is 0 Å². The first kappa shape index (κ1) is 14.0. The van der Waals surface area contributed by atoms with E-state index in [0.717, 1.165) is 5.66 Å². The molecule has 0 aromatic rings. The summed E-state index contributed by atoms with van der Waals surface area (Å²) in [6.45, 7) is 8.00. The molecule has 1 heteroatoms. The number of hydrogen-bond donors (Lipinski definition) is 0. The predicted octanol–water partition coefficient (Wildman–Crippen LogP) is 4.25. The average molecular weight is 176 g/mol. The van der Waals surface area contributed by atoms with Crippen LogP contribution in [0, 0.1) is 0 Å². The van der Waals surface area contributed by atoms with Gasteiger partial charge in [-0.3, -0.25) is 0 Å². The first-order valence-electron chi connectivity index (χ1n) is 5.15. The van der Waals surface area contributed by atoms with Crippen LogP contribution in [0.2, 0.25) is 0 Å². The van der Waals surface area contributed by atoms with Gasteiger partial charge < -0.3 is 0 Å². The SMILES string of the molecule is CC.CC.PC1CCCCC1. The first-order chi connectivity index (χ1) is 5.39. The Morgan fingerprint density at radius 2 is 1.18 bits per heavy atom. The average Bonchev–Trinajstić information content (AvgIpc) is 2.13. The topological polar surface area (TPSA) is 0 Å². The molecule has 1 aliphatic rings. The lowest BCUT2D eigenvalue weighted by Crippen LogP contribution is -2.02. The normalized spacial score (nSPS) is 17.2. The number of hydrogen-bond acceptors (Lipinski definition) is 0. The Morgan fingerprint density at radius 3 is 1.36 bits per heavy atom. The fraction of sp³-hybridized carbons (Fsp3) is 1.00. The molecule has 1 atom stereocenters. The highest BCUT2D eigenvalue weighted by Crippen LogP contribution is 2.23. The van der Waals surface area contributed by atoms with Gasteiger partial charge in [-0.25, -0.2) is 0 Å². The van der Waals surface area contributed by atoms with E-state index in [1.54, 1.807) is 0 Å². The van der Waals surface area contributed by atoms with Gasteiger partial charge in [-0.2, -0.15) is 0 Å². The smallest absolute Gasteiger partial charge is 0.0264 e. The summed E-state index contributed by atoms with van der Waals surface area (Å²) >= 11 is 0. The van der Waals surface area contributed by atoms with Gasteiger partial charge in [0.25, 0.3) is 0 Å². The van der Waals surface area contributed by atoms with Gasteiger partial charge in [0.1, 0.15) is 0 Å². The van der Waals surface area contributed by atoms with Gasteiger partial charge in [-0.1, -0.05) is 47.0 Å². The van der Waals surface area contributed by atoms with Crippen molar-refractivity contribution in [3.63, 3.8) is 0 Å². The summed E-state index contributed by atoms with van der Waals surface area (Å²) in [4.78, 5) is 0. The molecule has 0 amide bonds. The monoisotopic (exact) mass is 176 g/mol. The summed E-state index contributed by atoms with van der Waals surface area (Å²) in [5.41, 5.74) is 0.953. The van der Waals surface area contributed by atoms with Gasteiger partial charge in [0, 0.05) is 0 Å². The van der Waals surface area contributed by atoms with E-state index >= 15 is 0 Å². The lowest BCUT2D eigenvalue weighted by molar-refractivity contribution is 0.516. The summed E-state index contributed by atoms with van der Waals surface area (Å²) < 4.78 is 0. The lowest BCUT2D eigenvalue weighted by Gasteiger charge is -2.15. The fourth-order valence-corrected chi connectivity index (χ4v) is 1.61. The van der Waals surface area contributed by atoms with Gasteiger partial charge >= 0.3 is 0 Å². The molecule has 70 valence electrons. The van der Waals surface area contributed by atoms with Gasteiger partial charge in [-0.05, 0) is 18.5 Å². The molecule has 0 aliphatic heterocycles. The fourth-order valence-electron chi connectivity index (χ4n) is 1.13. The van der Waals surface area contributed by atoms with Crippen molar-refractivity contribution >= 4 is 9.24 Å². The Labute approximate surface area is 75.4 Å². The molecule has 0 radical (unpaired) electrons. The molecule has 1 aliphatic carbocycles. The molecule has 11 heavy (non-hydrogen) atoms. The highest BCUT2D eigenvalue weighted by Gasteiger charge is 2.06. The van der Waals surface area contributed by atoms with E-state index in [4.69, 9.17) is 0 Å². The van der Waals surface area contributed by atoms with Crippen LogP contribution in [-0.2, 0) is 0 Å². The van der Waals surface area contributed by atoms with Gasteiger partial charge in [0.2, 0.25) is 0 Å². The number of rotatable bonds is 0. The van der Waals surface area contributed by atoms with Crippen LogP contribution in [0.3, 0.4) is 0 Å². The van der Waals surface area contributed by atoms with Crippen molar-refractivity contribution in [2.75, 3.05) is 0 Å². The van der Waals surface area contributed by atoms with Crippen molar-refractivity contribution in [3.05, 3.63) is 0 Å². The van der Waals surface area contributed by atoms with E-state index < -0.39 is 0 Å². The van der Waals surface area contributed by atoms with Crippen LogP contribution in [0.15, 0.2) is 0 Å². The molecule has 1 unspecified atom stereocenters. The van der Waals surface area contributed by atoms with Crippen LogP contribution in [0.1, 0.15) is 59.8 Å². The minimum Gasteiger partial charge on any atom is -0.134 e. The molecule has 0 aromatic heterocycles. The van der Waals surface area contributed by atoms with Gasteiger partial charge in [0.15, 0.2) is 0 Å². The van der Waals surface area contributed by atoms with Crippen LogP contribution in [0.25, 0.3) is 0 Å². The maximum absolute atomic E-state index is 2.91. The Kier molecular flexibility index (Phi) is 16.6.